The molecule has 0 saturated carbocycles. The molecule has 0 aromatic carbocycles. The summed E-state index contributed by atoms with van der Waals surface area (Å²) in [7, 11) is 0. The van der Waals surface area contributed by atoms with Crippen molar-refractivity contribution < 1.29 is 23.8 Å². The van der Waals surface area contributed by atoms with Crippen molar-refractivity contribution in [2.24, 2.45) is 0 Å². The lowest BCUT2D eigenvalue weighted by Gasteiger charge is -2.19. The van der Waals surface area contributed by atoms with Crippen LogP contribution in [-0.2, 0) is 4.79 Å². The Labute approximate surface area is 157 Å². The third-order valence-electron chi connectivity index (χ3n) is 4.44. The maximum atomic E-state index is 12.2. The summed E-state index contributed by atoms with van der Waals surface area (Å²) in [4.78, 5) is 10.9. The average molecular weight is 378 g/mol. The maximum absolute atomic E-state index is 12.2. The minimum atomic E-state index is -3.16. The summed E-state index contributed by atoms with van der Waals surface area (Å²) in [5.41, 5.74) is 0. The molecule has 0 unspecified atom stereocenters. The fraction of sp³-hybridized carbons (Fsp3) is 0.850. The van der Waals surface area contributed by atoms with Gasteiger partial charge in [-0.25, -0.2) is 0 Å². The van der Waals surface area contributed by atoms with E-state index >= 15 is 0 Å². The van der Waals surface area contributed by atoms with Crippen LogP contribution in [0.3, 0.4) is 0 Å². The van der Waals surface area contributed by atoms with Crippen molar-refractivity contribution in [3.05, 3.63) is 12.2 Å². The smallest absolute Gasteiger partial charge is 0.315 e. The van der Waals surface area contributed by atoms with Crippen molar-refractivity contribution in [1.29, 1.82) is 0 Å². The number of alkyl halides is 2. The van der Waals surface area contributed by atoms with Crippen molar-refractivity contribution in [3.63, 3.8) is 0 Å². The highest BCUT2D eigenvalue weighted by Crippen LogP contribution is 2.12. The van der Waals surface area contributed by atoms with Crippen LogP contribution in [0.1, 0.15) is 84.0 Å². The first-order valence-corrected chi connectivity index (χ1v) is 10.1. The highest BCUT2D eigenvalue weighted by atomic mass is 19.3. The van der Waals surface area contributed by atoms with Crippen molar-refractivity contribution in [3.8, 4) is 0 Å². The van der Waals surface area contributed by atoms with Crippen LogP contribution in [0.4, 0.5) is 8.78 Å². The lowest BCUT2D eigenvalue weighted by atomic mass is 10.0. The Morgan fingerprint density at radius 2 is 1.46 bits per heavy atom. The Hall–Kier alpha value is -1.01. The van der Waals surface area contributed by atoms with Gasteiger partial charge in [0.25, 0.3) is 5.91 Å². The number of carbonyl (C=O) groups is 1. The molecule has 0 aromatic rings. The summed E-state index contributed by atoms with van der Waals surface area (Å²) < 4.78 is 24.3. The molecular weight excluding hydrogens is 340 g/mol. The second-order valence-corrected chi connectivity index (χ2v) is 6.84. The molecule has 0 aliphatic heterocycles. The van der Waals surface area contributed by atoms with E-state index in [4.69, 9.17) is 5.11 Å². The van der Waals surface area contributed by atoms with Gasteiger partial charge in [0.1, 0.15) is 0 Å². The summed E-state index contributed by atoms with van der Waals surface area (Å²) in [5, 5.41) is 20.8. The number of rotatable bonds is 17. The van der Waals surface area contributed by atoms with Crippen molar-refractivity contribution in [1.82, 2.24) is 5.32 Å². The molecule has 0 aliphatic carbocycles. The monoisotopic (exact) mass is 377 g/mol. The molecule has 26 heavy (non-hydrogen) atoms. The average Bonchev–Trinajstić information content (AvgIpc) is 2.62. The number of unbranched alkanes of at least 4 members (excludes halogenated alkanes) is 11. The molecule has 4 nitrogen and oxygen atoms in total. The molecule has 6 heteroatoms. The van der Waals surface area contributed by atoms with Gasteiger partial charge in [-0.2, -0.15) is 8.78 Å². The van der Waals surface area contributed by atoms with Gasteiger partial charge in [0.2, 0.25) is 0 Å². The van der Waals surface area contributed by atoms with Crippen LogP contribution in [0.5, 0.6) is 0 Å². The molecule has 154 valence electrons. The number of halogens is 2. The third-order valence-corrected chi connectivity index (χ3v) is 4.44. The van der Waals surface area contributed by atoms with Gasteiger partial charge in [0.15, 0.2) is 0 Å². The molecule has 0 heterocycles. The molecule has 3 N–H and O–H groups in total. The summed E-state index contributed by atoms with van der Waals surface area (Å²) in [6.45, 7) is 1.63. The van der Waals surface area contributed by atoms with E-state index in [2.05, 4.69) is 6.92 Å². The van der Waals surface area contributed by atoms with E-state index in [-0.39, 0.29) is 0 Å². The molecule has 0 fully saturated rings. The van der Waals surface area contributed by atoms with Crippen LogP contribution in [0.2, 0.25) is 0 Å². The first-order valence-electron chi connectivity index (χ1n) is 10.1. The normalized spacial score (nSPS) is 14.1. The number of hydrogen-bond acceptors (Lipinski definition) is 3. The van der Waals surface area contributed by atoms with E-state index in [0.29, 0.717) is 0 Å². The lowest BCUT2D eigenvalue weighted by molar-refractivity contribution is -0.133. The number of carbonyl (C=O) groups excluding carboxylic acids is 1. The number of aliphatic hydroxyl groups is 2. The summed E-state index contributed by atoms with van der Waals surface area (Å²) in [6, 6.07) is -1.11. The first-order chi connectivity index (χ1) is 12.5. The van der Waals surface area contributed by atoms with Gasteiger partial charge in [0, 0.05) is 0 Å². The highest BCUT2D eigenvalue weighted by molar-refractivity contribution is 5.79. The van der Waals surface area contributed by atoms with Crippen LogP contribution >= 0.6 is 0 Å². The Morgan fingerprint density at radius 3 is 1.92 bits per heavy atom. The Balaban J connectivity index is 3.62. The van der Waals surface area contributed by atoms with Crippen LogP contribution in [0.25, 0.3) is 0 Å². The number of amides is 1. The maximum Gasteiger partial charge on any atom is 0.315 e. The Kier molecular flexibility index (Phi) is 16.7. The van der Waals surface area contributed by atoms with Gasteiger partial charge in [-0.3, -0.25) is 4.79 Å². The van der Waals surface area contributed by atoms with E-state index < -0.39 is 31.1 Å². The topological polar surface area (TPSA) is 69.6 Å². The van der Waals surface area contributed by atoms with Crippen molar-refractivity contribution >= 4 is 5.91 Å². The predicted octanol–water partition coefficient (Wildman–Crippen LogP) is 4.35. The van der Waals surface area contributed by atoms with Gasteiger partial charge >= 0.3 is 6.43 Å². The molecular formula is C20H37F2NO3. The van der Waals surface area contributed by atoms with Crippen LogP contribution in [0, 0.1) is 0 Å². The number of nitrogens with one attached hydrogen (secondary N) is 1. The van der Waals surface area contributed by atoms with E-state index in [1.807, 2.05) is 5.32 Å². The molecule has 1 amide bonds. The zero-order valence-corrected chi connectivity index (χ0v) is 16.1. The highest BCUT2D eigenvalue weighted by Gasteiger charge is 2.23. The van der Waals surface area contributed by atoms with Crippen molar-refractivity contribution in [2.75, 3.05) is 6.61 Å². The minimum absolute atomic E-state index is 0.595. The standard InChI is InChI=1S/C20H37F2NO3/c1-2-3-4-5-6-7-8-9-10-11-12-13-14-15-18(25)17(16-24)23-20(26)19(21)22/h14-15,17-19,24-25H,2-13,16H2,1H3,(H,23,26)/b15-14+/t17-,18+/m0/s1. The second-order valence-electron chi connectivity index (χ2n) is 6.84. The van der Waals surface area contributed by atoms with Crippen molar-refractivity contribution in [2.45, 2.75) is 103 Å². The summed E-state index contributed by atoms with van der Waals surface area (Å²) in [5.74, 6) is -1.48. The zero-order chi connectivity index (χ0) is 19.6. The number of aliphatic hydroxyl groups excluding tert-OH is 2. The van der Waals surface area contributed by atoms with E-state index in [9.17, 15) is 18.7 Å². The second kappa shape index (κ2) is 17.4. The molecule has 0 spiro atoms. The van der Waals surface area contributed by atoms with Gasteiger partial charge < -0.3 is 15.5 Å². The summed E-state index contributed by atoms with van der Waals surface area (Å²) >= 11 is 0. The van der Waals surface area contributed by atoms with Gasteiger partial charge in [0.05, 0.1) is 18.8 Å². The minimum Gasteiger partial charge on any atom is -0.394 e. The Bertz CT molecular complexity index is 365. The van der Waals surface area contributed by atoms with E-state index in [1.165, 1.54) is 63.9 Å². The number of allylic oxidation sites excluding steroid dienone is 1. The fourth-order valence-corrected chi connectivity index (χ4v) is 2.78. The van der Waals surface area contributed by atoms with E-state index in [0.717, 1.165) is 19.3 Å². The molecule has 0 rings (SSSR count). The SMILES string of the molecule is CCCCCCCCCCCCC/C=C/[C@@H](O)[C@H](CO)NC(=O)C(F)F. The van der Waals surface area contributed by atoms with Gasteiger partial charge in [-0.1, -0.05) is 83.3 Å². The van der Waals surface area contributed by atoms with Gasteiger partial charge in [-0.05, 0) is 12.8 Å². The zero-order valence-electron chi connectivity index (χ0n) is 16.1. The lowest BCUT2D eigenvalue weighted by Crippen LogP contribution is -2.47. The molecule has 0 radical (unpaired) electrons. The third kappa shape index (κ3) is 14.2. The summed E-state index contributed by atoms with van der Waals surface area (Å²) in [6.07, 6.45) is 13.6. The van der Waals surface area contributed by atoms with Crippen LogP contribution in [-0.4, -0.2) is 41.3 Å². The largest absolute Gasteiger partial charge is 0.394 e. The number of hydrogen-bond donors (Lipinski definition) is 3. The molecule has 0 aromatic heterocycles. The molecule has 0 aliphatic rings. The van der Waals surface area contributed by atoms with Crippen LogP contribution < -0.4 is 5.32 Å². The molecule has 0 bridgehead atoms. The quantitative estimate of drug-likeness (QED) is 0.261. The van der Waals surface area contributed by atoms with E-state index in [1.54, 1.807) is 6.08 Å². The first kappa shape index (κ1) is 25.0. The van der Waals surface area contributed by atoms with Gasteiger partial charge in [-0.15, -0.1) is 0 Å². The predicted molar refractivity (Wildman–Crippen MR) is 101 cm³/mol. The molecule has 2 atom stereocenters. The Morgan fingerprint density at radius 1 is 0.962 bits per heavy atom. The molecule has 0 saturated heterocycles. The fourth-order valence-electron chi connectivity index (χ4n) is 2.78. The van der Waals surface area contributed by atoms with Crippen LogP contribution in [0.15, 0.2) is 12.2 Å².